The van der Waals surface area contributed by atoms with Gasteiger partial charge in [0, 0.05) is 11.8 Å². The molecule has 0 amide bonds. The first-order valence-corrected chi connectivity index (χ1v) is 5.95. The molecule has 0 saturated carbocycles. The summed E-state index contributed by atoms with van der Waals surface area (Å²) in [5.41, 5.74) is 3.37. The van der Waals surface area contributed by atoms with Gasteiger partial charge >= 0.3 is 0 Å². The summed E-state index contributed by atoms with van der Waals surface area (Å²) in [6, 6.07) is 8.37. The summed E-state index contributed by atoms with van der Waals surface area (Å²) in [7, 11) is 0. The van der Waals surface area contributed by atoms with Crippen LogP contribution in [0.15, 0.2) is 36.7 Å². The Bertz CT molecular complexity index is 490. The van der Waals surface area contributed by atoms with E-state index in [1.807, 2.05) is 17.8 Å². The molecule has 2 aromatic rings. The van der Waals surface area contributed by atoms with E-state index in [2.05, 4.69) is 36.3 Å². The van der Waals surface area contributed by atoms with Crippen LogP contribution in [-0.4, -0.2) is 14.9 Å². The molecule has 1 heterocycles. The highest BCUT2D eigenvalue weighted by molar-refractivity contribution is 5.22. The molecule has 0 aliphatic heterocycles. The lowest BCUT2D eigenvalue weighted by atomic mass is 10.1. The Hall–Kier alpha value is -1.61. The van der Waals surface area contributed by atoms with Gasteiger partial charge in [0.2, 0.25) is 0 Å². The van der Waals surface area contributed by atoms with Crippen molar-refractivity contribution in [1.29, 1.82) is 0 Å². The molecule has 0 aliphatic carbocycles. The van der Waals surface area contributed by atoms with Gasteiger partial charge in [-0.1, -0.05) is 36.8 Å². The number of aryl methyl sites for hydroxylation is 1. The Balaban J connectivity index is 2.11. The van der Waals surface area contributed by atoms with Crippen LogP contribution in [0.5, 0.6) is 0 Å². The zero-order valence-electron chi connectivity index (χ0n) is 10.3. The fraction of sp³-hybridized carbons (Fsp3) is 0.357. The maximum absolute atomic E-state index is 9.70. The molecular weight excluding hydrogens is 212 g/mol. The first-order chi connectivity index (χ1) is 8.19. The zero-order valence-corrected chi connectivity index (χ0v) is 10.3. The molecule has 1 atom stereocenters. The van der Waals surface area contributed by atoms with Gasteiger partial charge in [0.25, 0.3) is 0 Å². The number of aromatic nitrogens is 2. The lowest BCUT2D eigenvalue weighted by Crippen LogP contribution is -2.00. The first kappa shape index (κ1) is 11.9. The van der Waals surface area contributed by atoms with E-state index in [9.17, 15) is 5.11 Å². The smallest absolute Gasteiger partial charge is 0.0817 e. The van der Waals surface area contributed by atoms with Crippen LogP contribution in [0.2, 0.25) is 0 Å². The van der Waals surface area contributed by atoms with E-state index >= 15 is 0 Å². The Morgan fingerprint density at radius 2 is 2.24 bits per heavy atom. The molecule has 17 heavy (non-hydrogen) atoms. The summed E-state index contributed by atoms with van der Waals surface area (Å²) < 4.78 is 1.86. The standard InChI is InChI=1S/C14H18N2O/c1-3-14(17)13-8-15-16(10-13)9-12-6-4-5-11(2)7-12/h4-8,10,14,17H,3,9H2,1-2H3. The topological polar surface area (TPSA) is 38.1 Å². The Morgan fingerprint density at radius 3 is 2.94 bits per heavy atom. The van der Waals surface area contributed by atoms with Gasteiger partial charge in [0.05, 0.1) is 18.8 Å². The van der Waals surface area contributed by atoms with Gasteiger partial charge < -0.3 is 5.11 Å². The van der Waals surface area contributed by atoms with Crippen molar-refractivity contribution in [3.63, 3.8) is 0 Å². The number of aliphatic hydroxyl groups is 1. The van der Waals surface area contributed by atoms with Crippen molar-refractivity contribution in [3.8, 4) is 0 Å². The van der Waals surface area contributed by atoms with Crippen molar-refractivity contribution in [2.45, 2.75) is 32.9 Å². The van der Waals surface area contributed by atoms with Crippen LogP contribution in [0.4, 0.5) is 0 Å². The molecule has 0 spiro atoms. The molecular formula is C14H18N2O. The second kappa shape index (κ2) is 5.15. The van der Waals surface area contributed by atoms with Crippen LogP contribution < -0.4 is 0 Å². The van der Waals surface area contributed by atoms with Crippen LogP contribution in [0, 0.1) is 6.92 Å². The predicted octanol–water partition coefficient (Wildman–Crippen LogP) is 2.68. The van der Waals surface area contributed by atoms with Crippen molar-refractivity contribution in [2.75, 3.05) is 0 Å². The second-order valence-electron chi connectivity index (χ2n) is 4.38. The Kier molecular flexibility index (Phi) is 3.59. The predicted molar refractivity (Wildman–Crippen MR) is 67.8 cm³/mol. The van der Waals surface area contributed by atoms with E-state index in [1.165, 1.54) is 11.1 Å². The molecule has 1 aromatic carbocycles. The van der Waals surface area contributed by atoms with Gasteiger partial charge in [-0.15, -0.1) is 0 Å². The van der Waals surface area contributed by atoms with E-state index in [4.69, 9.17) is 0 Å². The Labute approximate surface area is 102 Å². The zero-order chi connectivity index (χ0) is 12.3. The summed E-state index contributed by atoms with van der Waals surface area (Å²) in [4.78, 5) is 0. The number of hydrogen-bond donors (Lipinski definition) is 1. The summed E-state index contributed by atoms with van der Waals surface area (Å²) in [6.07, 6.45) is 3.97. The highest BCUT2D eigenvalue weighted by atomic mass is 16.3. The largest absolute Gasteiger partial charge is 0.388 e. The van der Waals surface area contributed by atoms with Crippen molar-refractivity contribution in [3.05, 3.63) is 53.3 Å². The van der Waals surface area contributed by atoms with Crippen molar-refractivity contribution in [1.82, 2.24) is 9.78 Å². The molecule has 90 valence electrons. The van der Waals surface area contributed by atoms with E-state index < -0.39 is 6.10 Å². The minimum Gasteiger partial charge on any atom is -0.388 e. The molecule has 0 radical (unpaired) electrons. The monoisotopic (exact) mass is 230 g/mol. The number of rotatable bonds is 4. The van der Waals surface area contributed by atoms with Crippen molar-refractivity contribution < 1.29 is 5.11 Å². The molecule has 3 heteroatoms. The SMILES string of the molecule is CCC(O)c1cnn(Cc2cccc(C)c2)c1. The second-order valence-corrected chi connectivity index (χ2v) is 4.38. The van der Waals surface area contributed by atoms with E-state index in [0.717, 1.165) is 18.5 Å². The van der Waals surface area contributed by atoms with Crippen LogP contribution >= 0.6 is 0 Å². The molecule has 0 fully saturated rings. The van der Waals surface area contributed by atoms with Crippen LogP contribution in [0.25, 0.3) is 0 Å². The maximum Gasteiger partial charge on any atom is 0.0817 e. The van der Waals surface area contributed by atoms with E-state index in [-0.39, 0.29) is 0 Å². The van der Waals surface area contributed by atoms with E-state index in [0.29, 0.717) is 0 Å². The molecule has 0 aliphatic rings. The van der Waals surface area contributed by atoms with Crippen LogP contribution in [-0.2, 0) is 6.54 Å². The van der Waals surface area contributed by atoms with Gasteiger partial charge in [-0.2, -0.15) is 5.10 Å². The highest BCUT2D eigenvalue weighted by Crippen LogP contribution is 2.15. The molecule has 0 saturated heterocycles. The molecule has 1 aromatic heterocycles. The number of nitrogens with zero attached hydrogens (tertiary/aromatic N) is 2. The maximum atomic E-state index is 9.70. The van der Waals surface area contributed by atoms with Crippen molar-refractivity contribution >= 4 is 0 Å². The van der Waals surface area contributed by atoms with Gasteiger partial charge in [0.1, 0.15) is 0 Å². The minimum absolute atomic E-state index is 0.402. The van der Waals surface area contributed by atoms with Gasteiger partial charge in [-0.3, -0.25) is 4.68 Å². The van der Waals surface area contributed by atoms with E-state index in [1.54, 1.807) is 6.20 Å². The summed E-state index contributed by atoms with van der Waals surface area (Å²) >= 11 is 0. The summed E-state index contributed by atoms with van der Waals surface area (Å²) in [5.74, 6) is 0. The average molecular weight is 230 g/mol. The number of benzene rings is 1. The normalized spacial score (nSPS) is 12.6. The molecule has 1 N–H and O–H groups in total. The Morgan fingerprint density at radius 1 is 1.41 bits per heavy atom. The molecule has 0 bridgehead atoms. The fourth-order valence-corrected chi connectivity index (χ4v) is 1.87. The van der Waals surface area contributed by atoms with Crippen LogP contribution in [0.1, 0.15) is 36.1 Å². The molecule has 2 rings (SSSR count). The van der Waals surface area contributed by atoms with Gasteiger partial charge in [-0.25, -0.2) is 0 Å². The third-order valence-corrected chi connectivity index (χ3v) is 2.85. The lowest BCUT2D eigenvalue weighted by molar-refractivity contribution is 0.173. The summed E-state index contributed by atoms with van der Waals surface area (Å²) in [6.45, 7) is 4.79. The van der Waals surface area contributed by atoms with Crippen molar-refractivity contribution in [2.24, 2.45) is 0 Å². The fourth-order valence-electron chi connectivity index (χ4n) is 1.87. The van der Waals surface area contributed by atoms with Crippen LogP contribution in [0.3, 0.4) is 0 Å². The first-order valence-electron chi connectivity index (χ1n) is 5.95. The third-order valence-electron chi connectivity index (χ3n) is 2.85. The highest BCUT2D eigenvalue weighted by Gasteiger charge is 2.07. The molecule has 1 unspecified atom stereocenters. The number of hydrogen-bond acceptors (Lipinski definition) is 2. The van der Waals surface area contributed by atoms with Gasteiger partial charge in [-0.05, 0) is 18.9 Å². The quantitative estimate of drug-likeness (QED) is 0.877. The lowest BCUT2D eigenvalue weighted by Gasteiger charge is -2.04. The average Bonchev–Trinajstić information content (AvgIpc) is 2.76. The molecule has 3 nitrogen and oxygen atoms in total. The summed E-state index contributed by atoms with van der Waals surface area (Å²) in [5, 5.41) is 14.0. The third kappa shape index (κ3) is 2.94. The van der Waals surface area contributed by atoms with Gasteiger partial charge in [0.15, 0.2) is 0 Å². The number of aliphatic hydroxyl groups excluding tert-OH is 1. The minimum atomic E-state index is -0.402.